The van der Waals surface area contributed by atoms with E-state index in [4.69, 9.17) is 4.98 Å². The van der Waals surface area contributed by atoms with E-state index in [2.05, 4.69) is 117 Å². The Morgan fingerprint density at radius 3 is 1.62 bits per heavy atom. The van der Waals surface area contributed by atoms with Gasteiger partial charge in [-0.3, -0.25) is 4.98 Å². The fraction of sp³-hybridized carbons (Fsp3) is 0.192. The number of nitrogens with zero attached hydrogens (tertiary/aromatic N) is 3. The third-order valence-electron chi connectivity index (χ3n) is 5.40. The van der Waals surface area contributed by atoms with Crippen molar-refractivity contribution in [2.75, 3.05) is 38.0 Å². The third-order valence-corrected chi connectivity index (χ3v) is 5.40. The molecular weight excluding hydrogens is 354 g/mol. The van der Waals surface area contributed by atoms with E-state index in [-0.39, 0.29) is 5.92 Å². The molecule has 0 aliphatic heterocycles. The molecule has 0 atom stereocenters. The summed E-state index contributed by atoms with van der Waals surface area (Å²) in [6.45, 7) is 0. The zero-order chi connectivity index (χ0) is 20.4. The van der Waals surface area contributed by atoms with Gasteiger partial charge in [-0.2, -0.15) is 0 Å². The molecular formula is C26H27N3. The Morgan fingerprint density at radius 2 is 1.10 bits per heavy atom. The number of fused-ring (bicyclic) bond motifs is 1. The van der Waals surface area contributed by atoms with Gasteiger partial charge >= 0.3 is 0 Å². The number of aromatic nitrogens is 1. The number of pyridine rings is 1. The SMILES string of the molecule is CN(C)c1ccc(C(c2ccc(N(C)C)cc2)c2ccc3ccccc3n2)cc1. The summed E-state index contributed by atoms with van der Waals surface area (Å²) in [5.74, 6) is 0.0898. The molecule has 0 N–H and O–H groups in total. The topological polar surface area (TPSA) is 19.4 Å². The third kappa shape index (κ3) is 3.95. The van der Waals surface area contributed by atoms with E-state index >= 15 is 0 Å². The molecule has 3 aromatic carbocycles. The molecule has 0 saturated heterocycles. The smallest absolute Gasteiger partial charge is 0.0705 e. The first-order valence-electron chi connectivity index (χ1n) is 9.93. The van der Waals surface area contributed by atoms with Crippen molar-refractivity contribution >= 4 is 22.3 Å². The van der Waals surface area contributed by atoms with Crippen molar-refractivity contribution in [2.45, 2.75) is 5.92 Å². The van der Waals surface area contributed by atoms with Crippen LogP contribution in [0.1, 0.15) is 22.7 Å². The summed E-state index contributed by atoms with van der Waals surface area (Å²) < 4.78 is 0. The Kier molecular flexibility index (Phi) is 5.22. The van der Waals surface area contributed by atoms with Gasteiger partial charge in [0.15, 0.2) is 0 Å². The Morgan fingerprint density at radius 1 is 0.586 bits per heavy atom. The number of hydrogen-bond acceptors (Lipinski definition) is 3. The van der Waals surface area contributed by atoms with E-state index in [1.54, 1.807) is 0 Å². The lowest BCUT2D eigenvalue weighted by Gasteiger charge is -2.21. The lowest BCUT2D eigenvalue weighted by Crippen LogP contribution is -2.11. The van der Waals surface area contributed by atoms with E-state index in [9.17, 15) is 0 Å². The summed E-state index contributed by atoms with van der Waals surface area (Å²) in [5, 5.41) is 1.17. The highest BCUT2D eigenvalue weighted by Crippen LogP contribution is 2.33. The summed E-state index contributed by atoms with van der Waals surface area (Å²) >= 11 is 0. The van der Waals surface area contributed by atoms with Gasteiger partial charge in [-0.1, -0.05) is 48.5 Å². The summed E-state index contributed by atoms with van der Waals surface area (Å²) in [5.41, 5.74) is 6.99. The van der Waals surface area contributed by atoms with Gasteiger partial charge in [0.25, 0.3) is 0 Å². The second-order valence-electron chi connectivity index (χ2n) is 7.83. The maximum Gasteiger partial charge on any atom is 0.0705 e. The zero-order valence-electron chi connectivity index (χ0n) is 17.5. The van der Waals surface area contributed by atoms with Crippen LogP contribution < -0.4 is 9.80 Å². The monoisotopic (exact) mass is 381 g/mol. The minimum Gasteiger partial charge on any atom is -0.378 e. The number of anilines is 2. The molecule has 0 amide bonds. The Bertz CT molecular complexity index is 1050. The normalized spacial score (nSPS) is 11.1. The minimum absolute atomic E-state index is 0.0898. The van der Waals surface area contributed by atoms with Gasteiger partial charge in [0.1, 0.15) is 0 Å². The average Bonchev–Trinajstić information content (AvgIpc) is 2.74. The van der Waals surface area contributed by atoms with Crippen molar-refractivity contribution < 1.29 is 0 Å². The number of benzene rings is 3. The van der Waals surface area contributed by atoms with Crippen LogP contribution in [-0.4, -0.2) is 33.2 Å². The predicted molar refractivity (Wildman–Crippen MR) is 124 cm³/mol. The molecule has 29 heavy (non-hydrogen) atoms. The predicted octanol–water partition coefficient (Wildman–Crippen LogP) is 5.55. The second-order valence-corrected chi connectivity index (χ2v) is 7.83. The van der Waals surface area contributed by atoms with Gasteiger partial charge in [-0.15, -0.1) is 0 Å². The second kappa shape index (κ2) is 7.96. The van der Waals surface area contributed by atoms with E-state index in [1.165, 1.54) is 27.9 Å². The Hall–Kier alpha value is -3.33. The maximum absolute atomic E-state index is 5.02. The van der Waals surface area contributed by atoms with Crippen LogP contribution in [0.25, 0.3) is 10.9 Å². The summed E-state index contributed by atoms with van der Waals surface area (Å²) in [4.78, 5) is 9.27. The molecule has 146 valence electrons. The van der Waals surface area contributed by atoms with Crippen molar-refractivity contribution in [1.29, 1.82) is 0 Å². The largest absolute Gasteiger partial charge is 0.378 e. The first-order valence-corrected chi connectivity index (χ1v) is 9.93. The molecule has 0 fully saturated rings. The van der Waals surface area contributed by atoms with Gasteiger partial charge in [0, 0.05) is 45.0 Å². The molecule has 1 heterocycles. The van der Waals surface area contributed by atoms with Crippen molar-refractivity contribution in [2.24, 2.45) is 0 Å². The minimum atomic E-state index is 0.0898. The lowest BCUT2D eigenvalue weighted by molar-refractivity contribution is 0.927. The standard InChI is InChI=1S/C26H27N3/c1-28(2)22-14-9-20(10-15-22)26(21-11-16-23(17-12-21)29(3)4)25-18-13-19-7-5-6-8-24(19)27-25/h5-18,26H,1-4H3. The summed E-state index contributed by atoms with van der Waals surface area (Å²) in [6, 6.07) is 30.2. The van der Waals surface area contributed by atoms with Gasteiger partial charge in [0.05, 0.1) is 17.1 Å². The molecule has 4 rings (SSSR count). The summed E-state index contributed by atoms with van der Waals surface area (Å²) in [6.07, 6.45) is 0. The van der Waals surface area contributed by atoms with E-state index in [0.29, 0.717) is 0 Å². The molecule has 0 bridgehead atoms. The zero-order valence-corrected chi connectivity index (χ0v) is 17.5. The van der Waals surface area contributed by atoms with Crippen molar-refractivity contribution in [3.8, 4) is 0 Å². The molecule has 0 radical (unpaired) electrons. The van der Waals surface area contributed by atoms with Crippen molar-refractivity contribution in [3.63, 3.8) is 0 Å². The number of hydrogen-bond donors (Lipinski definition) is 0. The highest BCUT2D eigenvalue weighted by atomic mass is 15.1. The van der Waals surface area contributed by atoms with Crippen LogP contribution >= 0.6 is 0 Å². The Balaban J connectivity index is 1.83. The van der Waals surface area contributed by atoms with Crippen LogP contribution in [0.2, 0.25) is 0 Å². The van der Waals surface area contributed by atoms with Crippen LogP contribution in [0.5, 0.6) is 0 Å². The molecule has 1 aromatic heterocycles. The van der Waals surface area contributed by atoms with Crippen molar-refractivity contribution in [3.05, 3.63) is 102 Å². The molecule has 3 nitrogen and oxygen atoms in total. The van der Waals surface area contributed by atoms with Crippen molar-refractivity contribution in [1.82, 2.24) is 4.98 Å². The first-order chi connectivity index (χ1) is 14.0. The van der Waals surface area contributed by atoms with Crippen LogP contribution in [0.3, 0.4) is 0 Å². The van der Waals surface area contributed by atoms with E-state index < -0.39 is 0 Å². The van der Waals surface area contributed by atoms with Crippen LogP contribution in [0, 0.1) is 0 Å². The van der Waals surface area contributed by atoms with Gasteiger partial charge < -0.3 is 9.80 Å². The highest BCUT2D eigenvalue weighted by Gasteiger charge is 2.19. The van der Waals surface area contributed by atoms with Crippen LogP contribution in [-0.2, 0) is 0 Å². The van der Waals surface area contributed by atoms with Gasteiger partial charge in [0.2, 0.25) is 0 Å². The Labute approximate surface area is 173 Å². The molecule has 0 saturated carbocycles. The molecule has 4 aromatic rings. The molecule has 0 aliphatic carbocycles. The first kappa shape index (κ1) is 19.0. The van der Waals surface area contributed by atoms with Crippen LogP contribution in [0.15, 0.2) is 84.9 Å². The maximum atomic E-state index is 5.02. The van der Waals surface area contributed by atoms with Gasteiger partial charge in [-0.25, -0.2) is 0 Å². The highest BCUT2D eigenvalue weighted by molar-refractivity contribution is 5.78. The number of para-hydroxylation sites is 1. The molecule has 3 heteroatoms. The fourth-order valence-corrected chi connectivity index (χ4v) is 3.71. The summed E-state index contributed by atoms with van der Waals surface area (Å²) in [7, 11) is 8.27. The van der Waals surface area contributed by atoms with E-state index in [0.717, 1.165) is 11.2 Å². The van der Waals surface area contributed by atoms with E-state index in [1.807, 2.05) is 6.07 Å². The molecule has 0 aliphatic rings. The molecule has 0 unspecified atom stereocenters. The quantitative estimate of drug-likeness (QED) is 0.452. The number of rotatable bonds is 5. The van der Waals surface area contributed by atoms with Gasteiger partial charge in [-0.05, 0) is 47.5 Å². The lowest BCUT2D eigenvalue weighted by atomic mass is 9.87. The average molecular weight is 382 g/mol. The van der Waals surface area contributed by atoms with Crippen LogP contribution in [0.4, 0.5) is 11.4 Å². The molecule has 0 spiro atoms. The fourth-order valence-electron chi connectivity index (χ4n) is 3.71.